The third kappa shape index (κ3) is 5.39. The van der Waals surface area contributed by atoms with Gasteiger partial charge in [0, 0.05) is 19.2 Å². The summed E-state index contributed by atoms with van der Waals surface area (Å²) < 4.78 is 0. The third-order valence-corrected chi connectivity index (χ3v) is 2.89. The molecule has 0 unspecified atom stereocenters. The van der Waals surface area contributed by atoms with Gasteiger partial charge in [0.2, 0.25) is 0 Å². The molecule has 0 fully saturated rings. The number of benzene rings is 1. The fourth-order valence-electron chi connectivity index (χ4n) is 1.94. The lowest BCUT2D eigenvalue weighted by Crippen LogP contribution is -2.45. The molecular weight excluding hydrogens is 274 g/mol. The average Bonchev–Trinajstić information content (AvgIpc) is 2.36. The summed E-state index contributed by atoms with van der Waals surface area (Å²) in [6.45, 7) is 5.15. The molecule has 1 aromatic rings. The fraction of sp³-hybridized carbons (Fsp3) is 0.500. The molecular formula is C14H21N3O4. The number of carbonyl (C=O) groups is 1. The summed E-state index contributed by atoms with van der Waals surface area (Å²) in [4.78, 5) is 23.6. The zero-order valence-corrected chi connectivity index (χ0v) is 12.7. The van der Waals surface area contributed by atoms with E-state index in [2.05, 4.69) is 5.32 Å². The Morgan fingerprint density at radius 1 is 1.52 bits per heavy atom. The molecule has 116 valence electrons. The number of nitrogens with zero attached hydrogens (tertiary/aromatic N) is 2. The van der Waals surface area contributed by atoms with Gasteiger partial charge < -0.3 is 15.3 Å². The van der Waals surface area contributed by atoms with Gasteiger partial charge in [-0.25, -0.2) is 4.79 Å². The number of aliphatic hydroxyl groups is 1. The van der Waals surface area contributed by atoms with Crippen molar-refractivity contribution in [3.05, 3.63) is 39.9 Å². The van der Waals surface area contributed by atoms with Crippen molar-refractivity contribution in [3.63, 3.8) is 0 Å². The molecule has 21 heavy (non-hydrogen) atoms. The topological polar surface area (TPSA) is 95.7 Å². The molecule has 0 radical (unpaired) electrons. The minimum absolute atomic E-state index is 0.0153. The third-order valence-electron chi connectivity index (χ3n) is 2.89. The van der Waals surface area contributed by atoms with Crippen molar-refractivity contribution in [1.82, 2.24) is 10.2 Å². The number of nitro groups is 1. The van der Waals surface area contributed by atoms with E-state index in [0.717, 1.165) is 0 Å². The molecule has 0 aromatic heterocycles. The first-order valence-electron chi connectivity index (χ1n) is 6.58. The summed E-state index contributed by atoms with van der Waals surface area (Å²) in [5.74, 6) is 0. The standard InChI is InChI=1S/C14H21N3O4/c1-10(11-6-5-7-12(8-11)17(20)21)15-13(18)16(4)9-14(2,3)19/h5-8,10,19H,9H2,1-4H3,(H,15,18)/t10-/m1/s1. The molecule has 0 aliphatic rings. The Kier molecular flexibility index (Phi) is 5.26. The minimum Gasteiger partial charge on any atom is -0.389 e. The van der Waals surface area contributed by atoms with E-state index in [-0.39, 0.29) is 24.3 Å². The van der Waals surface area contributed by atoms with E-state index < -0.39 is 10.5 Å². The highest BCUT2D eigenvalue weighted by molar-refractivity contribution is 5.74. The lowest BCUT2D eigenvalue weighted by Gasteiger charge is -2.27. The van der Waals surface area contributed by atoms with E-state index in [1.165, 1.54) is 17.0 Å². The van der Waals surface area contributed by atoms with E-state index in [1.807, 2.05) is 0 Å². The Balaban J connectivity index is 2.72. The molecule has 0 saturated heterocycles. The summed E-state index contributed by atoms with van der Waals surface area (Å²) in [7, 11) is 1.58. The Hall–Kier alpha value is -2.15. The van der Waals surface area contributed by atoms with Crippen LogP contribution in [0.3, 0.4) is 0 Å². The number of urea groups is 1. The smallest absolute Gasteiger partial charge is 0.317 e. The summed E-state index contributed by atoms with van der Waals surface area (Å²) in [5.41, 5.74) is -0.353. The maximum Gasteiger partial charge on any atom is 0.317 e. The molecule has 2 N–H and O–H groups in total. The van der Waals surface area contributed by atoms with Crippen molar-refractivity contribution in [2.75, 3.05) is 13.6 Å². The van der Waals surface area contributed by atoms with Crippen LogP contribution in [0.5, 0.6) is 0 Å². The second kappa shape index (κ2) is 6.53. The number of hydrogen-bond acceptors (Lipinski definition) is 4. The second-order valence-corrected chi connectivity index (χ2v) is 5.69. The van der Waals surface area contributed by atoms with E-state index in [1.54, 1.807) is 40.0 Å². The molecule has 1 aromatic carbocycles. The first-order valence-corrected chi connectivity index (χ1v) is 6.58. The van der Waals surface area contributed by atoms with Crippen molar-refractivity contribution < 1.29 is 14.8 Å². The molecule has 2 amide bonds. The van der Waals surface area contributed by atoms with Gasteiger partial charge in [-0.1, -0.05) is 12.1 Å². The zero-order valence-electron chi connectivity index (χ0n) is 12.7. The Morgan fingerprint density at radius 3 is 2.67 bits per heavy atom. The van der Waals surface area contributed by atoms with Gasteiger partial charge in [0.25, 0.3) is 5.69 Å². The van der Waals surface area contributed by atoms with Crippen LogP contribution < -0.4 is 5.32 Å². The largest absolute Gasteiger partial charge is 0.389 e. The van der Waals surface area contributed by atoms with Crippen LogP contribution in [-0.2, 0) is 0 Å². The highest BCUT2D eigenvalue weighted by Crippen LogP contribution is 2.19. The number of non-ortho nitro benzene ring substituents is 1. The van der Waals surface area contributed by atoms with Gasteiger partial charge >= 0.3 is 6.03 Å². The summed E-state index contributed by atoms with van der Waals surface area (Å²) in [5, 5.41) is 23.2. The monoisotopic (exact) mass is 295 g/mol. The van der Waals surface area contributed by atoms with Gasteiger partial charge in [0.1, 0.15) is 0 Å². The number of carbonyl (C=O) groups excluding carboxylic acids is 1. The van der Waals surface area contributed by atoms with E-state index in [4.69, 9.17) is 0 Å². The lowest BCUT2D eigenvalue weighted by molar-refractivity contribution is -0.384. The number of amides is 2. The van der Waals surface area contributed by atoms with Crippen molar-refractivity contribution in [2.45, 2.75) is 32.4 Å². The Morgan fingerprint density at radius 2 is 2.14 bits per heavy atom. The number of hydrogen-bond donors (Lipinski definition) is 2. The van der Waals surface area contributed by atoms with Gasteiger partial charge in [-0.05, 0) is 26.3 Å². The maximum atomic E-state index is 12.0. The molecule has 0 aliphatic heterocycles. The highest BCUT2D eigenvalue weighted by Gasteiger charge is 2.21. The molecule has 1 atom stereocenters. The van der Waals surface area contributed by atoms with Crippen LogP contribution in [0.1, 0.15) is 32.4 Å². The predicted molar refractivity (Wildman–Crippen MR) is 79.0 cm³/mol. The van der Waals surface area contributed by atoms with Crippen LogP contribution in [0, 0.1) is 10.1 Å². The normalized spacial score (nSPS) is 12.6. The summed E-state index contributed by atoms with van der Waals surface area (Å²) in [6, 6.07) is 5.40. The molecule has 1 rings (SSSR count). The average molecular weight is 295 g/mol. The number of nitrogens with one attached hydrogen (secondary N) is 1. The Labute approximate surface area is 123 Å². The van der Waals surface area contributed by atoms with E-state index in [9.17, 15) is 20.0 Å². The molecule has 0 aliphatic carbocycles. The molecule has 0 heterocycles. The van der Waals surface area contributed by atoms with Gasteiger partial charge in [-0.15, -0.1) is 0 Å². The number of likely N-dealkylation sites (N-methyl/N-ethyl adjacent to an activating group) is 1. The minimum atomic E-state index is -0.985. The van der Waals surface area contributed by atoms with Crippen LogP contribution in [0.25, 0.3) is 0 Å². The van der Waals surface area contributed by atoms with Crippen LogP contribution in [0.4, 0.5) is 10.5 Å². The fourth-order valence-corrected chi connectivity index (χ4v) is 1.94. The Bertz CT molecular complexity index is 525. The summed E-state index contributed by atoms with van der Waals surface area (Å²) in [6.07, 6.45) is 0. The first kappa shape index (κ1) is 16.9. The summed E-state index contributed by atoms with van der Waals surface area (Å²) >= 11 is 0. The van der Waals surface area contributed by atoms with Gasteiger partial charge in [0.15, 0.2) is 0 Å². The molecule has 0 bridgehead atoms. The van der Waals surface area contributed by atoms with Crippen LogP contribution in [0.2, 0.25) is 0 Å². The van der Waals surface area contributed by atoms with Crippen molar-refractivity contribution in [2.24, 2.45) is 0 Å². The quantitative estimate of drug-likeness (QED) is 0.642. The van der Waals surface area contributed by atoms with Crippen molar-refractivity contribution in [1.29, 1.82) is 0 Å². The van der Waals surface area contributed by atoms with Crippen molar-refractivity contribution in [3.8, 4) is 0 Å². The molecule has 7 heteroatoms. The van der Waals surface area contributed by atoms with Gasteiger partial charge in [-0.2, -0.15) is 0 Å². The lowest BCUT2D eigenvalue weighted by atomic mass is 10.1. The molecule has 0 spiro atoms. The highest BCUT2D eigenvalue weighted by atomic mass is 16.6. The zero-order chi connectivity index (χ0) is 16.2. The van der Waals surface area contributed by atoms with Crippen LogP contribution in [-0.4, -0.2) is 40.2 Å². The number of nitro benzene ring substituents is 1. The molecule has 7 nitrogen and oxygen atoms in total. The van der Waals surface area contributed by atoms with E-state index in [0.29, 0.717) is 5.56 Å². The SMILES string of the molecule is C[C@@H](NC(=O)N(C)CC(C)(C)O)c1cccc([N+](=O)[O-])c1. The van der Waals surface area contributed by atoms with Crippen LogP contribution in [0.15, 0.2) is 24.3 Å². The maximum absolute atomic E-state index is 12.0. The van der Waals surface area contributed by atoms with Crippen LogP contribution >= 0.6 is 0 Å². The number of rotatable bonds is 5. The van der Waals surface area contributed by atoms with E-state index >= 15 is 0 Å². The molecule has 0 saturated carbocycles. The first-order chi connectivity index (χ1) is 9.60. The van der Waals surface area contributed by atoms with Gasteiger partial charge in [0.05, 0.1) is 23.1 Å². The second-order valence-electron chi connectivity index (χ2n) is 5.69. The van der Waals surface area contributed by atoms with Crippen molar-refractivity contribution >= 4 is 11.7 Å². The van der Waals surface area contributed by atoms with Gasteiger partial charge in [-0.3, -0.25) is 10.1 Å². The predicted octanol–water partition coefficient (Wildman–Crippen LogP) is 2.07.